The van der Waals surface area contributed by atoms with Crippen LogP contribution in [0.3, 0.4) is 0 Å². The van der Waals surface area contributed by atoms with Crippen molar-refractivity contribution in [1.82, 2.24) is 14.6 Å². The Morgan fingerprint density at radius 1 is 1.09 bits per heavy atom. The number of nitrogens with zero attached hydrogens (tertiary/aromatic N) is 3. The number of anilines is 1. The number of nitrogens with one attached hydrogen (secondary N) is 1. The van der Waals surface area contributed by atoms with Crippen molar-refractivity contribution < 1.29 is 18.0 Å². The molecule has 0 aliphatic carbocycles. The average molecular weight is 306 g/mol. The molecule has 0 atom stereocenters. The van der Waals surface area contributed by atoms with Crippen molar-refractivity contribution in [2.75, 3.05) is 5.32 Å². The summed E-state index contributed by atoms with van der Waals surface area (Å²) in [7, 11) is 0. The van der Waals surface area contributed by atoms with E-state index in [4.69, 9.17) is 0 Å². The summed E-state index contributed by atoms with van der Waals surface area (Å²) in [6.07, 6.45) is -1.34. The second kappa shape index (κ2) is 5.14. The highest BCUT2D eigenvalue weighted by atomic mass is 19.4. The van der Waals surface area contributed by atoms with Gasteiger partial charge in [0.2, 0.25) is 0 Å². The quantitative estimate of drug-likeness (QED) is 0.792. The van der Waals surface area contributed by atoms with Gasteiger partial charge >= 0.3 is 6.18 Å². The van der Waals surface area contributed by atoms with Gasteiger partial charge in [0.15, 0.2) is 5.65 Å². The molecule has 0 spiro atoms. The summed E-state index contributed by atoms with van der Waals surface area (Å²) in [6, 6.07) is 7.31. The third kappa shape index (κ3) is 2.76. The fourth-order valence-corrected chi connectivity index (χ4v) is 1.92. The first-order valence-electron chi connectivity index (χ1n) is 6.21. The summed E-state index contributed by atoms with van der Waals surface area (Å²) in [5, 5.41) is 10.1. The van der Waals surface area contributed by atoms with Crippen molar-refractivity contribution >= 4 is 17.2 Å². The van der Waals surface area contributed by atoms with E-state index in [0.717, 1.165) is 24.3 Å². The Morgan fingerprint density at radius 2 is 1.82 bits per heavy atom. The third-order valence-electron chi connectivity index (χ3n) is 3.02. The summed E-state index contributed by atoms with van der Waals surface area (Å²) in [5.74, 6) is -0.499. The van der Waals surface area contributed by atoms with Crippen LogP contribution >= 0.6 is 0 Å². The number of hydrogen-bond acceptors (Lipinski definition) is 3. The van der Waals surface area contributed by atoms with E-state index in [1.165, 1.54) is 6.33 Å². The minimum absolute atomic E-state index is 0.136. The average Bonchev–Trinajstić information content (AvgIpc) is 2.94. The second-order valence-corrected chi connectivity index (χ2v) is 4.54. The van der Waals surface area contributed by atoms with E-state index in [0.29, 0.717) is 11.3 Å². The zero-order valence-corrected chi connectivity index (χ0v) is 11.0. The van der Waals surface area contributed by atoms with E-state index >= 15 is 0 Å². The monoisotopic (exact) mass is 306 g/mol. The number of carbonyl (C=O) groups excluding carboxylic acids is 1. The third-order valence-corrected chi connectivity index (χ3v) is 3.02. The van der Waals surface area contributed by atoms with Crippen LogP contribution in [0, 0.1) is 0 Å². The maximum Gasteiger partial charge on any atom is 0.416 e. The van der Waals surface area contributed by atoms with Crippen LogP contribution in [0.5, 0.6) is 0 Å². The molecule has 0 aliphatic rings. The Labute approximate surface area is 122 Å². The van der Waals surface area contributed by atoms with Crippen LogP contribution in [0.4, 0.5) is 18.9 Å². The molecule has 3 aromatic rings. The van der Waals surface area contributed by atoms with Gasteiger partial charge in [0.05, 0.1) is 11.3 Å². The number of aromatic nitrogens is 3. The predicted octanol–water partition coefficient (Wildman–Crippen LogP) is 3.00. The molecule has 0 unspecified atom stereocenters. The summed E-state index contributed by atoms with van der Waals surface area (Å²) < 4.78 is 39.0. The van der Waals surface area contributed by atoms with Crippen molar-refractivity contribution in [2.24, 2.45) is 0 Å². The molecule has 0 saturated heterocycles. The summed E-state index contributed by atoms with van der Waals surface area (Å²) >= 11 is 0. The molecule has 1 amide bonds. The number of benzene rings is 1. The number of alkyl halides is 3. The number of hydrogen-bond donors (Lipinski definition) is 1. The Balaban J connectivity index is 1.78. The number of halogens is 3. The zero-order valence-electron chi connectivity index (χ0n) is 11.0. The molecule has 0 radical (unpaired) electrons. The molecule has 2 heterocycles. The molecule has 0 aliphatic heterocycles. The largest absolute Gasteiger partial charge is 0.416 e. The molecule has 8 heteroatoms. The van der Waals surface area contributed by atoms with Gasteiger partial charge in [-0.3, -0.25) is 9.20 Å². The van der Waals surface area contributed by atoms with Crippen LogP contribution in [0.1, 0.15) is 15.9 Å². The highest BCUT2D eigenvalue weighted by molar-refractivity contribution is 6.04. The summed E-state index contributed by atoms with van der Waals surface area (Å²) in [6.45, 7) is 0. The van der Waals surface area contributed by atoms with Crippen LogP contribution in [0.25, 0.3) is 5.65 Å². The maximum absolute atomic E-state index is 12.5. The molecular formula is C14H9F3N4O. The van der Waals surface area contributed by atoms with E-state index in [1.54, 1.807) is 22.7 Å². The van der Waals surface area contributed by atoms with Crippen LogP contribution in [-0.2, 0) is 6.18 Å². The minimum atomic E-state index is -4.42. The Morgan fingerprint density at radius 3 is 2.50 bits per heavy atom. The molecule has 2 aromatic heterocycles. The Bertz CT molecular complexity index is 824. The van der Waals surface area contributed by atoms with Gasteiger partial charge in [-0.05, 0) is 36.4 Å². The Kier molecular flexibility index (Phi) is 3.28. The van der Waals surface area contributed by atoms with Crippen LogP contribution < -0.4 is 5.32 Å². The van der Waals surface area contributed by atoms with Gasteiger partial charge in [0.1, 0.15) is 6.33 Å². The molecule has 1 N–H and O–H groups in total. The van der Waals surface area contributed by atoms with Gasteiger partial charge in [0, 0.05) is 11.8 Å². The normalized spacial score (nSPS) is 11.6. The standard InChI is InChI=1S/C14H9F3N4O/c15-14(16,17)10-3-1-9(2-4-10)13(22)19-11-5-6-12-20-18-8-21(12)7-11/h1-8H,(H,19,22). The highest BCUT2D eigenvalue weighted by Gasteiger charge is 2.30. The van der Waals surface area contributed by atoms with Crippen molar-refractivity contribution in [3.8, 4) is 0 Å². The Hall–Kier alpha value is -2.90. The molecule has 0 bridgehead atoms. The SMILES string of the molecule is O=C(Nc1ccc2nncn2c1)c1ccc(C(F)(F)F)cc1. The molecule has 5 nitrogen and oxygen atoms in total. The molecule has 1 aromatic carbocycles. The van der Waals surface area contributed by atoms with Crippen LogP contribution in [0.15, 0.2) is 48.9 Å². The molecule has 112 valence electrons. The zero-order chi connectivity index (χ0) is 15.7. The molecule has 22 heavy (non-hydrogen) atoms. The minimum Gasteiger partial charge on any atom is -0.321 e. The number of pyridine rings is 1. The van der Waals surface area contributed by atoms with E-state index in [-0.39, 0.29) is 5.56 Å². The van der Waals surface area contributed by atoms with Crippen molar-refractivity contribution in [3.05, 3.63) is 60.0 Å². The molecule has 0 fully saturated rings. The first-order chi connectivity index (χ1) is 10.4. The van der Waals surface area contributed by atoms with Gasteiger partial charge < -0.3 is 5.32 Å². The van der Waals surface area contributed by atoms with Gasteiger partial charge in [-0.15, -0.1) is 10.2 Å². The fourth-order valence-electron chi connectivity index (χ4n) is 1.92. The predicted molar refractivity (Wildman–Crippen MR) is 72.4 cm³/mol. The lowest BCUT2D eigenvalue weighted by Crippen LogP contribution is -2.13. The van der Waals surface area contributed by atoms with E-state index < -0.39 is 17.6 Å². The first-order valence-corrected chi connectivity index (χ1v) is 6.21. The second-order valence-electron chi connectivity index (χ2n) is 4.54. The molecule has 0 saturated carbocycles. The van der Waals surface area contributed by atoms with Gasteiger partial charge in [0.25, 0.3) is 5.91 Å². The van der Waals surface area contributed by atoms with Crippen molar-refractivity contribution in [1.29, 1.82) is 0 Å². The first kappa shape index (κ1) is 14.1. The van der Waals surface area contributed by atoms with E-state index in [1.807, 2.05) is 0 Å². The van der Waals surface area contributed by atoms with Crippen LogP contribution in [-0.4, -0.2) is 20.5 Å². The fraction of sp³-hybridized carbons (Fsp3) is 0.0714. The van der Waals surface area contributed by atoms with Gasteiger partial charge in [-0.1, -0.05) is 0 Å². The maximum atomic E-state index is 12.5. The van der Waals surface area contributed by atoms with Crippen molar-refractivity contribution in [2.45, 2.75) is 6.18 Å². The topological polar surface area (TPSA) is 59.3 Å². The number of carbonyl (C=O) groups is 1. The van der Waals surface area contributed by atoms with Gasteiger partial charge in [-0.25, -0.2) is 0 Å². The van der Waals surface area contributed by atoms with E-state index in [9.17, 15) is 18.0 Å². The summed E-state index contributed by atoms with van der Waals surface area (Å²) in [5.41, 5.74) is 0.441. The van der Waals surface area contributed by atoms with Gasteiger partial charge in [-0.2, -0.15) is 13.2 Å². The lowest BCUT2D eigenvalue weighted by atomic mass is 10.1. The smallest absolute Gasteiger partial charge is 0.321 e. The summed E-state index contributed by atoms with van der Waals surface area (Å²) in [4.78, 5) is 12.0. The lowest BCUT2D eigenvalue weighted by molar-refractivity contribution is -0.137. The highest BCUT2D eigenvalue weighted by Crippen LogP contribution is 2.29. The molecule has 3 rings (SSSR count). The number of fused-ring (bicyclic) bond motifs is 1. The number of rotatable bonds is 2. The van der Waals surface area contributed by atoms with E-state index in [2.05, 4.69) is 15.5 Å². The van der Waals surface area contributed by atoms with Crippen LogP contribution in [0.2, 0.25) is 0 Å². The van der Waals surface area contributed by atoms with Crippen molar-refractivity contribution in [3.63, 3.8) is 0 Å². The lowest BCUT2D eigenvalue weighted by Gasteiger charge is -2.08. The number of amides is 1. The molecular weight excluding hydrogens is 297 g/mol.